The van der Waals surface area contributed by atoms with Crippen LogP contribution in [0.4, 0.5) is 10.1 Å². The zero-order chi connectivity index (χ0) is 15.9. The number of anilines is 1. The molecule has 1 unspecified atom stereocenters. The van der Waals surface area contributed by atoms with E-state index in [2.05, 4.69) is 10.6 Å². The van der Waals surface area contributed by atoms with Crippen LogP contribution in [-0.2, 0) is 4.79 Å². The zero-order valence-electron chi connectivity index (χ0n) is 13.2. The van der Waals surface area contributed by atoms with Crippen molar-refractivity contribution in [3.63, 3.8) is 0 Å². The summed E-state index contributed by atoms with van der Waals surface area (Å²) in [5.74, 6) is 0.837. The van der Waals surface area contributed by atoms with Gasteiger partial charge in [-0.3, -0.25) is 4.79 Å². The van der Waals surface area contributed by atoms with Crippen molar-refractivity contribution < 1.29 is 13.9 Å². The number of benzene rings is 1. The van der Waals surface area contributed by atoms with Gasteiger partial charge in [-0.05, 0) is 68.7 Å². The van der Waals surface area contributed by atoms with E-state index >= 15 is 0 Å². The lowest BCUT2D eigenvalue weighted by Crippen LogP contribution is -2.31. The molecule has 23 heavy (non-hydrogen) atoms. The van der Waals surface area contributed by atoms with E-state index in [1.54, 1.807) is 6.07 Å². The van der Waals surface area contributed by atoms with Crippen LogP contribution in [0.2, 0.25) is 0 Å². The largest absolute Gasteiger partial charge is 0.491 e. The second-order valence-corrected chi connectivity index (χ2v) is 7.25. The van der Waals surface area contributed by atoms with E-state index in [9.17, 15) is 9.18 Å². The maximum absolute atomic E-state index is 13.5. The van der Waals surface area contributed by atoms with Crippen molar-refractivity contribution in [2.45, 2.75) is 32.1 Å². The third-order valence-corrected chi connectivity index (χ3v) is 5.48. The molecule has 1 amide bonds. The Morgan fingerprint density at radius 1 is 1.35 bits per heavy atom. The smallest absolute Gasteiger partial charge is 0.228 e. The Morgan fingerprint density at radius 2 is 2.13 bits per heavy atom. The predicted molar refractivity (Wildman–Crippen MR) is 85.9 cm³/mol. The minimum atomic E-state index is -0.338. The number of ether oxygens (including phenoxy) is 1. The molecule has 2 N–H and O–H groups in total. The molecule has 0 aromatic heterocycles. The third-order valence-electron chi connectivity index (χ3n) is 5.48. The van der Waals surface area contributed by atoms with Crippen molar-refractivity contribution in [1.29, 1.82) is 0 Å². The first-order valence-corrected chi connectivity index (χ1v) is 8.60. The van der Waals surface area contributed by atoms with Crippen molar-refractivity contribution in [3.8, 4) is 5.75 Å². The summed E-state index contributed by atoms with van der Waals surface area (Å²) in [7, 11) is 0. The van der Waals surface area contributed by atoms with Gasteiger partial charge in [0.2, 0.25) is 5.91 Å². The zero-order valence-corrected chi connectivity index (χ0v) is 13.2. The highest BCUT2D eigenvalue weighted by atomic mass is 19.1. The summed E-state index contributed by atoms with van der Waals surface area (Å²) < 4.78 is 19.2. The number of piperidine rings is 1. The highest BCUT2D eigenvalue weighted by Gasteiger charge is 2.57. The standard InChI is InChI=1S/C18H23FN2O2/c19-13-3-4-15(16(9-13)23-11-12-1-2-12)21-17(22)14-10-18(14)5-7-20-8-6-18/h3-4,9,12,14,20H,1-2,5-8,10-11H2,(H,21,22). The number of hydrogen-bond acceptors (Lipinski definition) is 3. The van der Waals surface area contributed by atoms with Gasteiger partial charge in [-0.2, -0.15) is 0 Å². The van der Waals surface area contributed by atoms with E-state index in [1.165, 1.54) is 25.0 Å². The average Bonchev–Trinajstić information content (AvgIpc) is 3.46. The van der Waals surface area contributed by atoms with Crippen LogP contribution in [0, 0.1) is 23.1 Å². The minimum Gasteiger partial charge on any atom is -0.491 e. The van der Waals surface area contributed by atoms with Crippen molar-refractivity contribution >= 4 is 11.6 Å². The summed E-state index contributed by atoms with van der Waals surface area (Å²) >= 11 is 0. The third kappa shape index (κ3) is 3.20. The van der Waals surface area contributed by atoms with E-state index in [0.29, 0.717) is 24.0 Å². The van der Waals surface area contributed by atoms with E-state index < -0.39 is 0 Å². The fourth-order valence-corrected chi connectivity index (χ4v) is 3.63. The van der Waals surface area contributed by atoms with Crippen molar-refractivity contribution in [1.82, 2.24) is 5.32 Å². The molecule has 4 rings (SSSR count). The normalized spacial score (nSPS) is 25.2. The van der Waals surface area contributed by atoms with Crippen LogP contribution in [-0.4, -0.2) is 25.6 Å². The maximum atomic E-state index is 13.5. The molecule has 3 fully saturated rings. The Labute approximate surface area is 135 Å². The van der Waals surface area contributed by atoms with Crippen LogP contribution in [0.5, 0.6) is 5.75 Å². The maximum Gasteiger partial charge on any atom is 0.228 e. The summed E-state index contributed by atoms with van der Waals surface area (Å²) in [6.07, 6.45) is 5.46. The number of halogens is 1. The minimum absolute atomic E-state index is 0.0507. The monoisotopic (exact) mass is 318 g/mol. The molecule has 4 nitrogen and oxygen atoms in total. The number of nitrogens with one attached hydrogen (secondary N) is 2. The van der Waals surface area contributed by atoms with Crippen LogP contribution in [0.25, 0.3) is 0 Å². The topological polar surface area (TPSA) is 50.4 Å². The molecule has 0 radical (unpaired) electrons. The van der Waals surface area contributed by atoms with Gasteiger partial charge in [0.1, 0.15) is 11.6 Å². The van der Waals surface area contributed by atoms with Gasteiger partial charge in [0.15, 0.2) is 0 Å². The summed E-state index contributed by atoms with van der Waals surface area (Å²) in [5.41, 5.74) is 0.790. The van der Waals surface area contributed by atoms with Crippen LogP contribution < -0.4 is 15.4 Å². The molecule has 5 heteroatoms. The molecule has 0 bridgehead atoms. The van der Waals surface area contributed by atoms with Crippen LogP contribution >= 0.6 is 0 Å². The van der Waals surface area contributed by atoms with Gasteiger partial charge in [-0.15, -0.1) is 0 Å². The molecule has 124 valence electrons. The van der Waals surface area contributed by atoms with Gasteiger partial charge < -0.3 is 15.4 Å². The molecule has 3 aliphatic rings. The number of carbonyl (C=O) groups excluding carboxylic acids is 1. The first-order valence-electron chi connectivity index (χ1n) is 8.60. The van der Waals surface area contributed by atoms with Gasteiger partial charge in [0.05, 0.1) is 12.3 Å². The van der Waals surface area contributed by atoms with Gasteiger partial charge in [0, 0.05) is 12.0 Å². The average molecular weight is 318 g/mol. The number of hydrogen-bond donors (Lipinski definition) is 2. The second-order valence-electron chi connectivity index (χ2n) is 7.25. The van der Waals surface area contributed by atoms with Crippen molar-refractivity contribution in [3.05, 3.63) is 24.0 Å². The van der Waals surface area contributed by atoms with Gasteiger partial charge in [-0.1, -0.05) is 0 Å². The first kappa shape index (κ1) is 14.9. The highest BCUT2D eigenvalue weighted by molar-refractivity contribution is 5.96. The molecule has 1 spiro atoms. The Kier molecular flexibility index (Phi) is 3.76. The second kappa shape index (κ2) is 5.78. The Hall–Kier alpha value is -1.62. The number of amides is 1. The molecule has 1 aromatic carbocycles. The molecule has 1 aliphatic heterocycles. The van der Waals surface area contributed by atoms with Gasteiger partial charge in [0.25, 0.3) is 0 Å². The molecular formula is C18H23FN2O2. The number of rotatable bonds is 5. The fourth-order valence-electron chi connectivity index (χ4n) is 3.63. The van der Waals surface area contributed by atoms with Gasteiger partial charge in [-0.25, -0.2) is 4.39 Å². The van der Waals surface area contributed by atoms with Crippen molar-refractivity contribution in [2.24, 2.45) is 17.3 Å². The predicted octanol–water partition coefficient (Wildman–Crippen LogP) is 2.94. The number of carbonyl (C=O) groups is 1. The van der Waals surface area contributed by atoms with Crippen molar-refractivity contribution in [2.75, 3.05) is 25.0 Å². The highest BCUT2D eigenvalue weighted by Crippen LogP contribution is 2.58. The molecule has 2 aliphatic carbocycles. The Balaban J connectivity index is 1.42. The summed E-state index contributed by atoms with van der Waals surface area (Å²) in [4.78, 5) is 12.6. The van der Waals surface area contributed by atoms with E-state index in [4.69, 9.17) is 4.74 Å². The van der Waals surface area contributed by atoms with Crippen LogP contribution in [0.15, 0.2) is 18.2 Å². The fraction of sp³-hybridized carbons (Fsp3) is 0.611. The molecule has 1 atom stereocenters. The summed E-state index contributed by atoms with van der Waals surface area (Å²) in [6, 6.07) is 4.34. The Morgan fingerprint density at radius 3 is 2.87 bits per heavy atom. The molecular weight excluding hydrogens is 295 g/mol. The molecule has 1 saturated heterocycles. The first-order chi connectivity index (χ1) is 11.2. The lowest BCUT2D eigenvalue weighted by Gasteiger charge is -2.23. The Bertz CT molecular complexity index is 609. The van der Waals surface area contributed by atoms with E-state index in [1.807, 2.05) is 0 Å². The molecule has 1 aromatic rings. The quantitative estimate of drug-likeness (QED) is 0.877. The molecule has 1 heterocycles. The lowest BCUT2D eigenvalue weighted by molar-refractivity contribution is -0.118. The van der Waals surface area contributed by atoms with Gasteiger partial charge >= 0.3 is 0 Å². The van der Waals surface area contributed by atoms with E-state index in [0.717, 1.165) is 32.4 Å². The SMILES string of the molecule is O=C(Nc1ccc(F)cc1OCC1CC1)C1CC12CCNCC2. The lowest BCUT2D eigenvalue weighted by atomic mass is 9.92. The van der Waals surface area contributed by atoms with E-state index in [-0.39, 0.29) is 23.1 Å². The van der Waals surface area contributed by atoms with Crippen LogP contribution in [0.1, 0.15) is 32.1 Å². The summed E-state index contributed by atoms with van der Waals surface area (Å²) in [6.45, 7) is 2.59. The molecule has 2 saturated carbocycles. The summed E-state index contributed by atoms with van der Waals surface area (Å²) in [5, 5.41) is 6.31. The van der Waals surface area contributed by atoms with Crippen LogP contribution in [0.3, 0.4) is 0 Å².